The number of sulfone groups is 1. The highest BCUT2D eigenvalue weighted by molar-refractivity contribution is 8.00. The van der Waals surface area contributed by atoms with Gasteiger partial charge < -0.3 is 5.32 Å². The van der Waals surface area contributed by atoms with E-state index in [0.717, 1.165) is 18.6 Å². The summed E-state index contributed by atoms with van der Waals surface area (Å²) in [6.07, 6.45) is 2.59. The normalized spacial score (nSPS) is 21.4. The second-order valence-corrected chi connectivity index (χ2v) is 9.39. The minimum Gasteiger partial charge on any atom is -0.351 e. The van der Waals surface area contributed by atoms with Gasteiger partial charge in [-0.2, -0.15) is 0 Å². The zero-order valence-corrected chi connectivity index (χ0v) is 14.5. The van der Waals surface area contributed by atoms with Crippen LogP contribution in [0.3, 0.4) is 0 Å². The van der Waals surface area contributed by atoms with Crippen molar-refractivity contribution in [1.29, 1.82) is 0 Å². The van der Waals surface area contributed by atoms with Gasteiger partial charge >= 0.3 is 0 Å². The number of carbonyl (C=O) groups is 1. The maximum Gasteiger partial charge on any atom is 0.233 e. The molecule has 0 aromatic heterocycles. The first kappa shape index (κ1) is 17.3. The minimum atomic E-state index is -2.94. The average molecular weight is 341 g/mol. The summed E-state index contributed by atoms with van der Waals surface area (Å²) in [6, 6.07) is 10.1. The lowest BCUT2D eigenvalue weighted by Crippen LogP contribution is -2.40. The van der Waals surface area contributed by atoms with Crippen molar-refractivity contribution in [2.45, 2.75) is 37.5 Å². The lowest BCUT2D eigenvalue weighted by molar-refractivity contribution is -0.120. The van der Waals surface area contributed by atoms with Crippen molar-refractivity contribution in [2.75, 3.05) is 17.3 Å². The van der Waals surface area contributed by atoms with E-state index < -0.39 is 9.84 Å². The van der Waals surface area contributed by atoms with Crippen LogP contribution in [0.25, 0.3) is 0 Å². The molecule has 1 saturated heterocycles. The molecule has 2 rings (SSSR count). The molecule has 1 aromatic rings. The molecule has 1 aromatic carbocycles. The number of thioether (sulfide) groups is 1. The van der Waals surface area contributed by atoms with Crippen LogP contribution in [0.1, 0.15) is 25.3 Å². The number of rotatable bonds is 7. The molecule has 0 spiro atoms. The fourth-order valence-electron chi connectivity index (χ4n) is 2.48. The van der Waals surface area contributed by atoms with Crippen LogP contribution in [0.4, 0.5) is 0 Å². The van der Waals surface area contributed by atoms with E-state index in [9.17, 15) is 13.2 Å². The predicted molar refractivity (Wildman–Crippen MR) is 91.9 cm³/mol. The second-order valence-electron chi connectivity index (χ2n) is 5.71. The number of aryl methyl sites for hydroxylation is 1. The average Bonchev–Trinajstić information content (AvgIpc) is 2.83. The molecule has 1 heterocycles. The summed E-state index contributed by atoms with van der Waals surface area (Å²) >= 11 is 1.63. The van der Waals surface area contributed by atoms with Crippen molar-refractivity contribution in [3.05, 3.63) is 35.9 Å². The molecule has 2 atom stereocenters. The number of amides is 1. The smallest absolute Gasteiger partial charge is 0.233 e. The lowest BCUT2D eigenvalue weighted by Gasteiger charge is -2.15. The summed E-state index contributed by atoms with van der Waals surface area (Å²) in [5, 5.41) is 2.71. The molecule has 0 saturated carbocycles. The van der Waals surface area contributed by atoms with Crippen LogP contribution in [0.5, 0.6) is 0 Å². The van der Waals surface area contributed by atoms with E-state index in [0.29, 0.717) is 6.42 Å². The fourth-order valence-corrected chi connectivity index (χ4v) is 5.04. The summed E-state index contributed by atoms with van der Waals surface area (Å²) in [5.41, 5.74) is 1.32. The summed E-state index contributed by atoms with van der Waals surface area (Å²) in [6.45, 7) is 1.88. The maximum atomic E-state index is 12.0. The molecule has 1 fully saturated rings. The third kappa shape index (κ3) is 5.65. The largest absolute Gasteiger partial charge is 0.351 e. The van der Waals surface area contributed by atoms with E-state index in [2.05, 4.69) is 17.4 Å². The summed E-state index contributed by atoms with van der Waals surface area (Å²) in [5.74, 6) is 1.15. The molecular weight excluding hydrogens is 318 g/mol. The Morgan fingerprint density at radius 1 is 1.36 bits per heavy atom. The Morgan fingerprint density at radius 2 is 2.09 bits per heavy atom. The predicted octanol–water partition coefficient (Wildman–Crippen LogP) is 2.04. The van der Waals surface area contributed by atoms with Gasteiger partial charge in [0, 0.05) is 6.04 Å². The summed E-state index contributed by atoms with van der Waals surface area (Å²) < 4.78 is 22.8. The van der Waals surface area contributed by atoms with Gasteiger partial charge in [0.05, 0.1) is 16.8 Å². The highest BCUT2D eigenvalue weighted by Gasteiger charge is 2.29. The van der Waals surface area contributed by atoms with Gasteiger partial charge in [-0.3, -0.25) is 4.79 Å². The van der Waals surface area contributed by atoms with Crippen LogP contribution in [0.15, 0.2) is 30.3 Å². The zero-order valence-electron chi connectivity index (χ0n) is 12.8. The first-order chi connectivity index (χ1) is 10.5. The molecule has 0 radical (unpaired) electrons. The van der Waals surface area contributed by atoms with Crippen molar-refractivity contribution in [3.63, 3.8) is 0 Å². The monoisotopic (exact) mass is 341 g/mol. The Bertz CT molecular complexity index is 587. The van der Waals surface area contributed by atoms with Gasteiger partial charge in [0.1, 0.15) is 0 Å². The van der Waals surface area contributed by atoms with Gasteiger partial charge in [0.15, 0.2) is 9.84 Å². The van der Waals surface area contributed by atoms with E-state index in [4.69, 9.17) is 0 Å². The molecule has 1 amide bonds. The van der Waals surface area contributed by atoms with E-state index in [1.165, 1.54) is 5.56 Å². The van der Waals surface area contributed by atoms with Crippen molar-refractivity contribution in [3.8, 4) is 0 Å². The number of nitrogens with one attached hydrogen (secondary N) is 1. The Kier molecular flexibility index (Phi) is 6.32. The molecule has 0 bridgehead atoms. The highest BCUT2D eigenvalue weighted by atomic mass is 32.2. The number of benzene rings is 1. The van der Waals surface area contributed by atoms with Crippen molar-refractivity contribution < 1.29 is 13.2 Å². The number of hydrogen-bond acceptors (Lipinski definition) is 4. The van der Waals surface area contributed by atoms with Crippen LogP contribution >= 0.6 is 11.8 Å². The highest BCUT2D eigenvalue weighted by Crippen LogP contribution is 2.16. The van der Waals surface area contributed by atoms with Crippen molar-refractivity contribution >= 4 is 27.5 Å². The van der Waals surface area contributed by atoms with E-state index >= 15 is 0 Å². The first-order valence-electron chi connectivity index (χ1n) is 7.62. The maximum absolute atomic E-state index is 12.0. The number of hydrogen-bond donors (Lipinski definition) is 1. The van der Waals surface area contributed by atoms with Gasteiger partial charge in [-0.15, -0.1) is 11.8 Å². The molecular formula is C16H23NO3S2. The Hall–Kier alpha value is -1.01. The summed E-state index contributed by atoms with van der Waals surface area (Å²) in [7, 11) is -2.94. The van der Waals surface area contributed by atoms with Crippen molar-refractivity contribution in [1.82, 2.24) is 5.32 Å². The fraction of sp³-hybridized carbons (Fsp3) is 0.562. The molecule has 1 aliphatic rings. The number of carbonyl (C=O) groups excluding carboxylic acids is 1. The molecule has 122 valence electrons. The van der Waals surface area contributed by atoms with Crippen LogP contribution in [-0.4, -0.2) is 42.9 Å². The Balaban J connectivity index is 1.64. The van der Waals surface area contributed by atoms with E-state index in [1.54, 1.807) is 11.8 Å². The van der Waals surface area contributed by atoms with E-state index in [1.807, 2.05) is 25.1 Å². The van der Waals surface area contributed by atoms with Crippen LogP contribution < -0.4 is 5.32 Å². The SMILES string of the molecule is C[C@H](SCCCc1ccccc1)C(=O)N[C@H]1CCS(=O)(=O)C1. The van der Waals surface area contributed by atoms with Crippen molar-refractivity contribution in [2.24, 2.45) is 0 Å². The quantitative estimate of drug-likeness (QED) is 0.771. The van der Waals surface area contributed by atoms with Gasteiger partial charge in [0.25, 0.3) is 0 Å². The van der Waals surface area contributed by atoms with Crippen LogP contribution in [0, 0.1) is 0 Å². The van der Waals surface area contributed by atoms with Gasteiger partial charge in [-0.1, -0.05) is 30.3 Å². The Morgan fingerprint density at radius 3 is 2.73 bits per heavy atom. The zero-order chi connectivity index (χ0) is 16.0. The third-order valence-electron chi connectivity index (χ3n) is 3.77. The first-order valence-corrected chi connectivity index (χ1v) is 10.5. The van der Waals surface area contributed by atoms with E-state index in [-0.39, 0.29) is 28.7 Å². The van der Waals surface area contributed by atoms with Gasteiger partial charge in [-0.05, 0) is 37.5 Å². The molecule has 0 unspecified atom stereocenters. The third-order valence-corrected chi connectivity index (χ3v) is 6.77. The molecule has 22 heavy (non-hydrogen) atoms. The van der Waals surface area contributed by atoms with Gasteiger partial charge in [-0.25, -0.2) is 8.42 Å². The molecule has 1 N–H and O–H groups in total. The molecule has 6 heteroatoms. The van der Waals surface area contributed by atoms with Crippen LogP contribution in [-0.2, 0) is 21.1 Å². The summed E-state index contributed by atoms with van der Waals surface area (Å²) in [4.78, 5) is 12.0. The topological polar surface area (TPSA) is 63.2 Å². The second kappa shape index (κ2) is 8.02. The Labute approximate surface area is 137 Å². The molecule has 4 nitrogen and oxygen atoms in total. The standard InChI is InChI=1S/C16H23NO3S2/c1-13(16(18)17-15-9-11-22(19,20)12-15)21-10-5-8-14-6-3-2-4-7-14/h2-4,6-7,13,15H,5,8-12H2,1H3,(H,17,18)/t13-,15-/m0/s1. The van der Waals surface area contributed by atoms with Crippen LogP contribution in [0.2, 0.25) is 0 Å². The molecule has 1 aliphatic heterocycles. The molecule has 0 aliphatic carbocycles. The lowest BCUT2D eigenvalue weighted by atomic mass is 10.1. The minimum absolute atomic E-state index is 0.0492. The van der Waals surface area contributed by atoms with Gasteiger partial charge in [0.2, 0.25) is 5.91 Å².